The Morgan fingerprint density at radius 3 is 2.90 bits per heavy atom. The number of carbonyl (C=O) groups excluding carboxylic acids is 1. The number of carbonyl (C=O) groups is 1. The Labute approximate surface area is 139 Å². The molecule has 7 heteroatoms. The summed E-state index contributed by atoms with van der Waals surface area (Å²) in [4.78, 5) is 16.2. The smallest absolute Gasteiger partial charge is 0.231 e. The monoisotopic (exact) mass is 392 g/mol. The molecule has 1 heterocycles. The Morgan fingerprint density at radius 2 is 2.25 bits per heavy atom. The number of aromatic nitrogens is 1. The van der Waals surface area contributed by atoms with E-state index in [-0.39, 0.29) is 12.3 Å². The average Bonchev–Trinajstić information content (AvgIpc) is 2.83. The van der Waals surface area contributed by atoms with E-state index in [1.807, 2.05) is 18.4 Å². The molecule has 1 aromatic heterocycles. The van der Waals surface area contributed by atoms with Crippen LogP contribution in [0.5, 0.6) is 0 Å². The van der Waals surface area contributed by atoms with E-state index in [1.165, 1.54) is 11.3 Å². The highest BCUT2D eigenvalue weighted by atomic mass is 79.9. The molecule has 0 spiro atoms. The van der Waals surface area contributed by atoms with Gasteiger partial charge in [0.05, 0.1) is 23.7 Å². The van der Waals surface area contributed by atoms with Crippen LogP contribution in [0.1, 0.15) is 16.3 Å². The normalized spacial score (nSPS) is 10.6. The summed E-state index contributed by atoms with van der Waals surface area (Å²) in [6.07, 6.45) is 0.222. The van der Waals surface area contributed by atoms with Crippen molar-refractivity contribution < 1.29 is 4.79 Å². The van der Waals surface area contributed by atoms with Gasteiger partial charge >= 0.3 is 0 Å². The van der Waals surface area contributed by atoms with Crippen LogP contribution in [0.15, 0.2) is 22.0 Å². The summed E-state index contributed by atoms with van der Waals surface area (Å²) >= 11 is 16.6. The summed E-state index contributed by atoms with van der Waals surface area (Å²) in [5, 5.41) is 6.03. The van der Waals surface area contributed by atoms with Crippen LogP contribution < -0.4 is 5.32 Å². The average molecular weight is 394 g/mol. The van der Waals surface area contributed by atoms with Crippen LogP contribution >= 0.6 is 50.5 Å². The molecule has 3 nitrogen and oxygen atoms in total. The quantitative estimate of drug-likeness (QED) is 0.759. The van der Waals surface area contributed by atoms with E-state index in [9.17, 15) is 4.79 Å². The van der Waals surface area contributed by atoms with Crippen molar-refractivity contribution >= 4 is 62.1 Å². The second kappa shape index (κ2) is 6.89. The van der Waals surface area contributed by atoms with Crippen LogP contribution in [0, 0.1) is 6.92 Å². The molecule has 1 aromatic carbocycles. The molecule has 0 saturated heterocycles. The van der Waals surface area contributed by atoms with Crippen LogP contribution in [-0.4, -0.2) is 10.9 Å². The molecule has 1 N–H and O–H groups in total. The molecule has 0 aliphatic heterocycles. The first-order valence-corrected chi connectivity index (χ1v) is 8.33. The number of rotatable bonds is 4. The highest BCUT2D eigenvalue weighted by Crippen LogP contribution is 2.29. The molecule has 1 amide bonds. The van der Waals surface area contributed by atoms with E-state index in [1.54, 1.807) is 6.07 Å². The fourth-order valence-electron chi connectivity index (χ4n) is 1.57. The predicted molar refractivity (Wildman–Crippen MR) is 87.9 cm³/mol. The predicted octanol–water partition coefficient (Wildman–Crippen LogP) is 4.79. The number of hydrogen-bond donors (Lipinski definition) is 1. The SMILES string of the molecule is Cc1cc(Br)c(NC(=O)Cc2nc(CCl)cs2)cc1Cl. The summed E-state index contributed by atoms with van der Waals surface area (Å²) in [6.45, 7) is 1.90. The molecule has 0 saturated carbocycles. The molecule has 0 bridgehead atoms. The lowest BCUT2D eigenvalue weighted by molar-refractivity contribution is -0.115. The number of aryl methyl sites for hydroxylation is 1. The topological polar surface area (TPSA) is 42.0 Å². The van der Waals surface area contributed by atoms with Crippen molar-refractivity contribution in [3.63, 3.8) is 0 Å². The van der Waals surface area contributed by atoms with Crippen LogP contribution in [0.25, 0.3) is 0 Å². The van der Waals surface area contributed by atoms with Crippen LogP contribution in [0.3, 0.4) is 0 Å². The molecule has 2 aromatic rings. The number of amides is 1. The number of hydrogen-bond acceptors (Lipinski definition) is 3. The van der Waals surface area contributed by atoms with Gasteiger partial charge in [0.1, 0.15) is 5.01 Å². The number of nitrogens with one attached hydrogen (secondary N) is 1. The number of nitrogens with zero attached hydrogens (tertiary/aromatic N) is 1. The van der Waals surface area contributed by atoms with Gasteiger partial charge in [0.15, 0.2) is 0 Å². The first kappa shape index (κ1) is 15.8. The summed E-state index contributed by atoms with van der Waals surface area (Å²) in [5.74, 6) is 0.220. The summed E-state index contributed by atoms with van der Waals surface area (Å²) in [5.41, 5.74) is 2.39. The minimum Gasteiger partial charge on any atom is -0.325 e. The molecule has 2 rings (SSSR count). The largest absolute Gasteiger partial charge is 0.325 e. The van der Waals surface area contributed by atoms with Gasteiger partial charge in [-0.3, -0.25) is 4.79 Å². The van der Waals surface area contributed by atoms with Crippen molar-refractivity contribution in [3.05, 3.63) is 43.3 Å². The zero-order chi connectivity index (χ0) is 14.7. The second-order valence-corrected chi connectivity index (χ2v) is 6.64. The van der Waals surface area contributed by atoms with Gasteiger partial charge in [0, 0.05) is 14.9 Å². The fraction of sp³-hybridized carbons (Fsp3) is 0.231. The van der Waals surface area contributed by atoms with Crippen molar-refractivity contribution in [2.24, 2.45) is 0 Å². The third kappa shape index (κ3) is 3.95. The molecule has 0 aliphatic rings. The Morgan fingerprint density at radius 1 is 1.50 bits per heavy atom. The lowest BCUT2D eigenvalue weighted by atomic mass is 10.2. The number of halogens is 3. The van der Waals surface area contributed by atoms with E-state index in [0.29, 0.717) is 16.6 Å². The number of alkyl halides is 1. The van der Waals surface area contributed by atoms with E-state index in [2.05, 4.69) is 26.2 Å². The zero-order valence-corrected chi connectivity index (χ0v) is 14.5. The standard InChI is InChI=1S/C13H11BrCl2N2OS/c1-7-2-9(14)11(3-10(7)16)18-12(19)4-13-17-8(5-15)6-20-13/h2-3,6H,4-5H2,1H3,(H,18,19). The van der Waals surface area contributed by atoms with Crippen molar-refractivity contribution in [3.8, 4) is 0 Å². The van der Waals surface area contributed by atoms with Crippen molar-refractivity contribution in [2.45, 2.75) is 19.2 Å². The van der Waals surface area contributed by atoms with Gasteiger partial charge in [-0.2, -0.15) is 0 Å². The minimum absolute atomic E-state index is 0.138. The molecule has 0 unspecified atom stereocenters. The van der Waals surface area contributed by atoms with Crippen molar-refractivity contribution in [1.82, 2.24) is 4.98 Å². The maximum Gasteiger partial charge on any atom is 0.231 e. The lowest BCUT2D eigenvalue weighted by Gasteiger charge is -2.09. The van der Waals surface area contributed by atoms with Crippen LogP contribution in [-0.2, 0) is 17.1 Å². The van der Waals surface area contributed by atoms with E-state index in [4.69, 9.17) is 23.2 Å². The first-order valence-electron chi connectivity index (χ1n) is 5.74. The van der Waals surface area contributed by atoms with Gasteiger partial charge in [-0.15, -0.1) is 22.9 Å². The molecule has 20 heavy (non-hydrogen) atoms. The molecule has 106 valence electrons. The van der Waals surface area contributed by atoms with Gasteiger partial charge in [0.2, 0.25) is 5.91 Å². The van der Waals surface area contributed by atoms with Crippen LogP contribution in [0.4, 0.5) is 5.69 Å². The third-order valence-corrected chi connectivity index (χ3v) is 4.81. The maximum atomic E-state index is 12.0. The fourth-order valence-corrected chi connectivity index (χ4v) is 3.31. The Hall–Kier alpha value is -0.620. The van der Waals surface area contributed by atoms with E-state index in [0.717, 1.165) is 20.7 Å². The van der Waals surface area contributed by atoms with Gasteiger partial charge in [0.25, 0.3) is 0 Å². The molecular formula is C13H11BrCl2N2OS. The third-order valence-electron chi connectivity index (χ3n) is 2.57. The highest BCUT2D eigenvalue weighted by molar-refractivity contribution is 9.10. The minimum atomic E-state index is -0.138. The molecule has 0 atom stereocenters. The van der Waals surface area contributed by atoms with E-state index >= 15 is 0 Å². The van der Waals surface area contributed by atoms with Gasteiger partial charge < -0.3 is 5.32 Å². The zero-order valence-electron chi connectivity index (χ0n) is 10.5. The first-order chi connectivity index (χ1) is 9.49. The summed E-state index contributed by atoms with van der Waals surface area (Å²) < 4.78 is 0.799. The van der Waals surface area contributed by atoms with Crippen LogP contribution in [0.2, 0.25) is 5.02 Å². The Bertz CT molecular complexity index is 645. The van der Waals surface area contributed by atoms with Crippen molar-refractivity contribution in [1.29, 1.82) is 0 Å². The Balaban J connectivity index is 2.06. The summed E-state index contributed by atoms with van der Waals surface area (Å²) in [7, 11) is 0. The molecule has 0 fully saturated rings. The maximum absolute atomic E-state index is 12.0. The second-order valence-electron chi connectivity index (χ2n) is 4.17. The number of anilines is 1. The lowest BCUT2D eigenvalue weighted by Crippen LogP contribution is -2.14. The van der Waals surface area contributed by atoms with Gasteiger partial charge in [-0.05, 0) is 40.5 Å². The van der Waals surface area contributed by atoms with Gasteiger partial charge in [-0.25, -0.2) is 4.98 Å². The number of thiazole rings is 1. The highest BCUT2D eigenvalue weighted by Gasteiger charge is 2.11. The van der Waals surface area contributed by atoms with Gasteiger partial charge in [-0.1, -0.05) is 11.6 Å². The molecular weight excluding hydrogens is 383 g/mol. The summed E-state index contributed by atoms with van der Waals surface area (Å²) in [6, 6.07) is 3.60. The van der Waals surface area contributed by atoms with Crippen molar-refractivity contribution in [2.75, 3.05) is 5.32 Å². The van der Waals surface area contributed by atoms with E-state index < -0.39 is 0 Å². The molecule has 0 radical (unpaired) electrons. The number of benzene rings is 1. The Kier molecular flexibility index (Phi) is 5.43. The molecule has 0 aliphatic carbocycles.